The number of benzene rings is 2. The van der Waals surface area contributed by atoms with Crippen LogP contribution in [0.15, 0.2) is 54.6 Å². The summed E-state index contributed by atoms with van der Waals surface area (Å²) in [7, 11) is 1.76. The number of hydrogen-bond donors (Lipinski definition) is 0. The lowest BCUT2D eigenvalue weighted by Gasteiger charge is -2.41. The molecule has 0 spiro atoms. The van der Waals surface area contributed by atoms with E-state index in [-0.39, 0.29) is 11.6 Å². The molecule has 3 aromatic rings. The summed E-state index contributed by atoms with van der Waals surface area (Å²) in [4.78, 5) is 13.5. The number of halogens is 1. The Morgan fingerprint density at radius 2 is 1.82 bits per heavy atom. The second-order valence-electron chi connectivity index (χ2n) is 7.18. The molecule has 4 rings (SSSR count). The monoisotopic (exact) mass is 374 g/mol. The smallest absolute Gasteiger partial charge is 0.168 e. The first-order valence-corrected chi connectivity index (χ1v) is 9.21. The fourth-order valence-electron chi connectivity index (χ4n) is 3.92. The average molecular weight is 374 g/mol. The minimum atomic E-state index is -1.03. The molecule has 1 heterocycles. The van der Waals surface area contributed by atoms with Crippen LogP contribution in [0.3, 0.4) is 0 Å². The van der Waals surface area contributed by atoms with Crippen molar-refractivity contribution in [1.82, 2.24) is 14.8 Å². The van der Waals surface area contributed by atoms with Crippen LogP contribution in [-0.4, -0.2) is 20.5 Å². The first-order chi connectivity index (χ1) is 13.6. The van der Waals surface area contributed by atoms with Gasteiger partial charge < -0.3 is 4.57 Å². The Balaban J connectivity index is 1.71. The first-order valence-electron chi connectivity index (χ1n) is 9.21. The lowest BCUT2D eigenvalue weighted by Crippen LogP contribution is -2.45. The van der Waals surface area contributed by atoms with Crippen molar-refractivity contribution in [1.29, 1.82) is 5.26 Å². The standard InChI is InChI=1S/C22H19FN4O/c1-27-20(15-6-3-2-4-7-15)25-26-21(27)18(14-24)19(28)22(12-5-13-22)16-8-10-17(23)11-9-16/h2-4,6-11,18H,5,12-13H2,1H3/t18-/m0/s1. The Kier molecular flexibility index (Phi) is 4.52. The van der Waals surface area contributed by atoms with Crippen LogP contribution in [0, 0.1) is 17.1 Å². The van der Waals surface area contributed by atoms with Crippen LogP contribution in [0.1, 0.15) is 36.6 Å². The molecule has 0 N–H and O–H groups in total. The van der Waals surface area contributed by atoms with E-state index in [1.807, 2.05) is 30.3 Å². The molecule has 0 unspecified atom stereocenters. The van der Waals surface area contributed by atoms with Crippen LogP contribution in [0.5, 0.6) is 0 Å². The zero-order valence-corrected chi connectivity index (χ0v) is 15.5. The predicted octanol–water partition coefficient (Wildman–Crippen LogP) is 3.92. The van der Waals surface area contributed by atoms with Crippen molar-refractivity contribution in [3.05, 3.63) is 71.8 Å². The molecule has 0 amide bonds. The topological polar surface area (TPSA) is 71.6 Å². The maximum Gasteiger partial charge on any atom is 0.168 e. The summed E-state index contributed by atoms with van der Waals surface area (Å²) in [5.74, 6) is -0.626. The van der Waals surface area contributed by atoms with Gasteiger partial charge in [0.25, 0.3) is 0 Å². The molecule has 0 radical (unpaired) electrons. The van der Waals surface area contributed by atoms with Gasteiger partial charge in [0, 0.05) is 12.6 Å². The lowest BCUT2D eigenvalue weighted by atomic mass is 9.59. The minimum Gasteiger partial charge on any atom is -0.313 e. The third kappa shape index (κ3) is 2.80. The number of nitrogens with zero attached hydrogens (tertiary/aromatic N) is 4. The van der Waals surface area contributed by atoms with E-state index >= 15 is 0 Å². The number of carbonyl (C=O) groups is 1. The highest BCUT2D eigenvalue weighted by Gasteiger charge is 2.49. The number of nitriles is 1. The van der Waals surface area contributed by atoms with Crippen molar-refractivity contribution in [2.24, 2.45) is 7.05 Å². The zero-order valence-electron chi connectivity index (χ0n) is 15.5. The van der Waals surface area contributed by atoms with E-state index in [1.165, 1.54) is 12.1 Å². The van der Waals surface area contributed by atoms with E-state index in [0.717, 1.165) is 17.5 Å². The SMILES string of the molecule is Cn1c(-c2ccccc2)nnc1[C@@H](C#N)C(=O)C1(c2ccc(F)cc2)CCC1. The summed E-state index contributed by atoms with van der Waals surface area (Å²) >= 11 is 0. The van der Waals surface area contributed by atoms with Crippen LogP contribution in [0.25, 0.3) is 11.4 Å². The molecule has 1 aliphatic carbocycles. The van der Waals surface area contributed by atoms with Crippen molar-refractivity contribution in [3.63, 3.8) is 0 Å². The molecular weight excluding hydrogens is 355 g/mol. The third-order valence-electron chi connectivity index (χ3n) is 5.67. The first kappa shape index (κ1) is 18.1. The van der Waals surface area contributed by atoms with Gasteiger partial charge in [-0.25, -0.2) is 4.39 Å². The number of carbonyl (C=O) groups excluding carboxylic acids is 1. The molecule has 5 nitrogen and oxygen atoms in total. The minimum absolute atomic E-state index is 0.192. The molecular formula is C22H19FN4O. The van der Waals surface area contributed by atoms with Crippen LogP contribution in [-0.2, 0) is 17.3 Å². The number of aromatic nitrogens is 3. The normalized spacial score (nSPS) is 16.0. The molecule has 0 aliphatic heterocycles. The van der Waals surface area contributed by atoms with Crippen LogP contribution >= 0.6 is 0 Å². The molecule has 0 saturated heterocycles. The fourth-order valence-corrected chi connectivity index (χ4v) is 3.92. The maximum absolute atomic E-state index is 13.5. The Morgan fingerprint density at radius 1 is 1.14 bits per heavy atom. The van der Waals surface area contributed by atoms with Gasteiger partial charge >= 0.3 is 0 Å². The van der Waals surface area contributed by atoms with Gasteiger partial charge in [0.2, 0.25) is 0 Å². The van der Waals surface area contributed by atoms with E-state index in [2.05, 4.69) is 16.3 Å². The summed E-state index contributed by atoms with van der Waals surface area (Å²) in [6, 6.07) is 17.7. The molecule has 1 aliphatic rings. The van der Waals surface area contributed by atoms with Gasteiger partial charge in [-0.3, -0.25) is 4.79 Å². The number of Topliss-reactive ketones (excluding diaryl/α,β-unsaturated/α-hetero) is 1. The van der Waals surface area contributed by atoms with E-state index in [0.29, 0.717) is 24.5 Å². The van der Waals surface area contributed by atoms with Crippen molar-refractivity contribution in [3.8, 4) is 17.5 Å². The molecule has 2 aromatic carbocycles. The molecule has 1 atom stereocenters. The van der Waals surface area contributed by atoms with Gasteiger partial charge in [-0.15, -0.1) is 10.2 Å². The van der Waals surface area contributed by atoms with Crippen molar-refractivity contribution >= 4 is 5.78 Å². The molecule has 0 bridgehead atoms. The molecule has 6 heteroatoms. The van der Waals surface area contributed by atoms with Crippen molar-refractivity contribution in [2.75, 3.05) is 0 Å². The molecule has 1 aromatic heterocycles. The Hall–Kier alpha value is -3.33. The Morgan fingerprint density at radius 3 is 2.39 bits per heavy atom. The quantitative estimate of drug-likeness (QED) is 0.679. The average Bonchev–Trinajstić information content (AvgIpc) is 3.05. The van der Waals surface area contributed by atoms with Gasteiger partial charge in [0.05, 0.1) is 11.5 Å². The van der Waals surface area contributed by atoms with Crippen LogP contribution in [0.4, 0.5) is 4.39 Å². The van der Waals surface area contributed by atoms with Crippen LogP contribution in [0.2, 0.25) is 0 Å². The second-order valence-corrected chi connectivity index (χ2v) is 7.18. The Labute approximate surface area is 162 Å². The molecule has 1 saturated carbocycles. The maximum atomic E-state index is 13.5. The highest BCUT2D eigenvalue weighted by atomic mass is 19.1. The van der Waals surface area contributed by atoms with E-state index in [1.54, 1.807) is 23.7 Å². The van der Waals surface area contributed by atoms with E-state index < -0.39 is 11.3 Å². The highest BCUT2D eigenvalue weighted by Crippen LogP contribution is 2.47. The molecule has 1 fully saturated rings. The predicted molar refractivity (Wildman–Crippen MR) is 102 cm³/mol. The van der Waals surface area contributed by atoms with Gasteiger partial charge in [-0.1, -0.05) is 48.9 Å². The van der Waals surface area contributed by atoms with Gasteiger partial charge in [0.15, 0.2) is 23.3 Å². The van der Waals surface area contributed by atoms with Crippen molar-refractivity contribution < 1.29 is 9.18 Å². The fraction of sp³-hybridized carbons (Fsp3) is 0.273. The number of ketones is 1. The van der Waals surface area contributed by atoms with Gasteiger partial charge in [-0.05, 0) is 30.5 Å². The van der Waals surface area contributed by atoms with E-state index in [4.69, 9.17) is 0 Å². The zero-order chi connectivity index (χ0) is 19.7. The van der Waals surface area contributed by atoms with Gasteiger partial charge in [0.1, 0.15) is 5.82 Å². The third-order valence-corrected chi connectivity index (χ3v) is 5.67. The van der Waals surface area contributed by atoms with Crippen molar-refractivity contribution in [2.45, 2.75) is 30.6 Å². The molecule has 140 valence electrons. The molecule has 28 heavy (non-hydrogen) atoms. The van der Waals surface area contributed by atoms with Crippen LogP contribution < -0.4 is 0 Å². The number of hydrogen-bond acceptors (Lipinski definition) is 4. The summed E-state index contributed by atoms with van der Waals surface area (Å²) in [6.07, 6.45) is 2.20. The highest BCUT2D eigenvalue weighted by molar-refractivity contribution is 5.97. The largest absolute Gasteiger partial charge is 0.313 e. The van der Waals surface area contributed by atoms with E-state index in [9.17, 15) is 14.4 Å². The Bertz CT molecular complexity index is 1050. The summed E-state index contributed by atoms with van der Waals surface area (Å²) in [6.45, 7) is 0. The summed E-state index contributed by atoms with van der Waals surface area (Å²) in [5.41, 5.74) is 0.869. The summed E-state index contributed by atoms with van der Waals surface area (Å²) in [5, 5.41) is 18.2. The lowest BCUT2D eigenvalue weighted by molar-refractivity contribution is -0.128. The second kappa shape index (κ2) is 7.01. The summed E-state index contributed by atoms with van der Waals surface area (Å²) < 4.78 is 15.1. The van der Waals surface area contributed by atoms with Gasteiger partial charge in [-0.2, -0.15) is 5.26 Å². The number of rotatable bonds is 5.